The van der Waals surface area contributed by atoms with Gasteiger partial charge in [0.1, 0.15) is 0 Å². The highest BCUT2D eigenvalue weighted by molar-refractivity contribution is 7.94. The molecule has 96 valence electrons. The second-order valence-corrected chi connectivity index (χ2v) is 7.63. The Morgan fingerprint density at radius 1 is 1.18 bits per heavy atom. The third-order valence-corrected chi connectivity index (χ3v) is 4.90. The zero-order chi connectivity index (χ0) is 13.4. The maximum Gasteiger partial charge on any atom is 0.237 e. The van der Waals surface area contributed by atoms with E-state index in [0.717, 1.165) is 11.1 Å². The lowest BCUT2D eigenvalue weighted by Crippen LogP contribution is -2.34. The third kappa shape index (κ3) is 2.72. The van der Waals surface area contributed by atoms with Crippen LogP contribution in [0.4, 0.5) is 11.4 Å². The molecule has 0 aliphatic heterocycles. The predicted octanol–water partition coefficient (Wildman–Crippen LogP) is 2.43. The highest BCUT2D eigenvalue weighted by atomic mass is 32.2. The standard InChI is InChI=1S/C12H20N2O2S/c1-8-6-7-10(13)11(9(8)2)14-17(15,16)12(3,4)5/h6-7,14H,13H2,1-5H3. The molecule has 1 aromatic carbocycles. The molecule has 0 saturated heterocycles. The summed E-state index contributed by atoms with van der Waals surface area (Å²) in [5.41, 5.74) is 8.61. The van der Waals surface area contributed by atoms with Crippen LogP contribution >= 0.6 is 0 Å². The zero-order valence-corrected chi connectivity index (χ0v) is 11.8. The van der Waals surface area contributed by atoms with Gasteiger partial charge in [0.05, 0.1) is 16.1 Å². The van der Waals surface area contributed by atoms with E-state index in [1.807, 2.05) is 19.9 Å². The molecule has 0 radical (unpaired) electrons. The van der Waals surface area contributed by atoms with E-state index in [2.05, 4.69) is 4.72 Å². The van der Waals surface area contributed by atoms with Gasteiger partial charge in [-0.3, -0.25) is 4.72 Å². The Morgan fingerprint density at radius 3 is 2.18 bits per heavy atom. The first-order valence-electron chi connectivity index (χ1n) is 5.44. The van der Waals surface area contributed by atoms with Crippen LogP contribution in [0, 0.1) is 13.8 Å². The average Bonchev–Trinajstić information content (AvgIpc) is 2.17. The van der Waals surface area contributed by atoms with Gasteiger partial charge in [-0.2, -0.15) is 0 Å². The van der Waals surface area contributed by atoms with Crippen LogP contribution in [0.25, 0.3) is 0 Å². The van der Waals surface area contributed by atoms with Gasteiger partial charge in [-0.1, -0.05) is 6.07 Å². The average molecular weight is 256 g/mol. The summed E-state index contributed by atoms with van der Waals surface area (Å²) in [5, 5.41) is 0. The Balaban J connectivity index is 3.27. The molecule has 0 fully saturated rings. The molecule has 0 amide bonds. The van der Waals surface area contributed by atoms with Crippen LogP contribution in [-0.2, 0) is 10.0 Å². The van der Waals surface area contributed by atoms with E-state index in [9.17, 15) is 8.42 Å². The Morgan fingerprint density at radius 2 is 1.71 bits per heavy atom. The highest BCUT2D eigenvalue weighted by Crippen LogP contribution is 2.29. The summed E-state index contributed by atoms with van der Waals surface area (Å²) >= 11 is 0. The van der Waals surface area contributed by atoms with Gasteiger partial charge in [0.15, 0.2) is 0 Å². The molecule has 0 aliphatic rings. The number of hydrogen-bond donors (Lipinski definition) is 2. The topological polar surface area (TPSA) is 72.2 Å². The van der Waals surface area contributed by atoms with Crippen molar-refractivity contribution in [3.05, 3.63) is 23.3 Å². The van der Waals surface area contributed by atoms with Crippen molar-refractivity contribution >= 4 is 21.4 Å². The lowest BCUT2D eigenvalue weighted by Gasteiger charge is -2.22. The minimum Gasteiger partial charge on any atom is -0.397 e. The van der Waals surface area contributed by atoms with Crippen molar-refractivity contribution in [2.24, 2.45) is 0 Å². The lowest BCUT2D eigenvalue weighted by molar-refractivity contribution is 0.566. The van der Waals surface area contributed by atoms with Crippen molar-refractivity contribution in [1.82, 2.24) is 0 Å². The predicted molar refractivity (Wildman–Crippen MR) is 72.6 cm³/mol. The smallest absolute Gasteiger partial charge is 0.237 e. The van der Waals surface area contributed by atoms with E-state index in [-0.39, 0.29) is 0 Å². The second-order valence-electron chi connectivity index (χ2n) is 5.19. The number of aryl methyl sites for hydroxylation is 1. The molecule has 0 saturated carbocycles. The van der Waals surface area contributed by atoms with Crippen molar-refractivity contribution in [2.75, 3.05) is 10.5 Å². The van der Waals surface area contributed by atoms with Crippen LogP contribution in [0.5, 0.6) is 0 Å². The largest absolute Gasteiger partial charge is 0.397 e. The van der Waals surface area contributed by atoms with Crippen LogP contribution < -0.4 is 10.5 Å². The minimum atomic E-state index is -3.44. The van der Waals surface area contributed by atoms with E-state index in [1.54, 1.807) is 26.8 Å². The minimum absolute atomic E-state index is 0.445. The maximum absolute atomic E-state index is 12.1. The van der Waals surface area contributed by atoms with Crippen LogP contribution in [0.1, 0.15) is 31.9 Å². The first-order chi connectivity index (χ1) is 7.56. The molecule has 4 nitrogen and oxygen atoms in total. The van der Waals surface area contributed by atoms with E-state index in [4.69, 9.17) is 5.73 Å². The monoisotopic (exact) mass is 256 g/mol. The number of hydrogen-bond acceptors (Lipinski definition) is 3. The Labute approximate surface area is 103 Å². The first kappa shape index (κ1) is 13.8. The second kappa shape index (κ2) is 4.22. The summed E-state index contributed by atoms with van der Waals surface area (Å²) in [4.78, 5) is 0. The highest BCUT2D eigenvalue weighted by Gasteiger charge is 2.29. The Hall–Kier alpha value is -1.23. The number of benzene rings is 1. The van der Waals surface area contributed by atoms with E-state index < -0.39 is 14.8 Å². The fourth-order valence-corrected chi connectivity index (χ4v) is 2.11. The lowest BCUT2D eigenvalue weighted by atomic mass is 10.1. The van der Waals surface area contributed by atoms with Crippen molar-refractivity contribution in [2.45, 2.75) is 39.4 Å². The van der Waals surface area contributed by atoms with Gasteiger partial charge >= 0.3 is 0 Å². The Bertz CT molecular complexity index is 528. The summed E-state index contributed by atoms with van der Waals surface area (Å²) in [6.07, 6.45) is 0. The van der Waals surface area contributed by atoms with Gasteiger partial charge in [0.25, 0.3) is 0 Å². The van der Waals surface area contributed by atoms with Gasteiger partial charge in [0.2, 0.25) is 10.0 Å². The SMILES string of the molecule is Cc1ccc(N)c(NS(=O)(=O)C(C)(C)C)c1C. The summed E-state index contributed by atoms with van der Waals surface area (Å²) in [6, 6.07) is 3.59. The summed E-state index contributed by atoms with van der Waals surface area (Å²) in [7, 11) is -3.44. The molecular formula is C12H20N2O2S. The molecule has 17 heavy (non-hydrogen) atoms. The number of nitrogens with two attached hydrogens (primary N) is 1. The van der Waals surface area contributed by atoms with Crippen molar-refractivity contribution in [3.8, 4) is 0 Å². The molecule has 0 aliphatic carbocycles. The third-order valence-electron chi connectivity index (χ3n) is 2.81. The van der Waals surface area contributed by atoms with Crippen LogP contribution in [0.15, 0.2) is 12.1 Å². The number of sulfonamides is 1. The molecule has 0 bridgehead atoms. The number of nitrogen functional groups attached to an aromatic ring is 1. The van der Waals surface area contributed by atoms with E-state index in [1.165, 1.54) is 0 Å². The van der Waals surface area contributed by atoms with Gasteiger partial charge in [-0.15, -0.1) is 0 Å². The molecule has 1 aromatic rings. The molecule has 3 N–H and O–H groups in total. The summed E-state index contributed by atoms with van der Waals surface area (Å²) in [5.74, 6) is 0. The number of nitrogens with one attached hydrogen (secondary N) is 1. The zero-order valence-electron chi connectivity index (χ0n) is 11.0. The molecule has 0 aromatic heterocycles. The van der Waals surface area contributed by atoms with E-state index >= 15 is 0 Å². The van der Waals surface area contributed by atoms with Gasteiger partial charge in [-0.25, -0.2) is 8.42 Å². The number of rotatable bonds is 2. The number of anilines is 2. The summed E-state index contributed by atoms with van der Waals surface area (Å²) < 4.78 is 25.9. The normalized spacial score (nSPS) is 12.5. The molecular weight excluding hydrogens is 236 g/mol. The summed E-state index contributed by atoms with van der Waals surface area (Å²) in [6.45, 7) is 8.72. The van der Waals surface area contributed by atoms with Crippen LogP contribution in [0.2, 0.25) is 0 Å². The van der Waals surface area contributed by atoms with Crippen molar-refractivity contribution in [3.63, 3.8) is 0 Å². The molecule has 0 heterocycles. The van der Waals surface area contributed by atoms with Gasteiger partial charge in [-0.05, 0) is 51.8 Å². The molecule has 5 heteroatoms. The molecule has 0 spiro atoms. The van der Waals surface area contributed by atoms with E-state index in [0.29, 0.717) is 11.4 Å². The molecule has 1 rings (SSSR count). The Kier molecular flexibility index (Phi) is 3.43. The maximum atomic E-state index is 12.1. The quantitative estimate of drug-likeness (QED) is 0.798. The molecule has 0 atom stereocenters. The first-order valence-corrected chi connectivity index (χ1v) is 6.92. The molecule has 0 unspecified atom stereocenters. The van der Waals surface area contributed by atoms with Gasteiger partial charge in [0, 0.05) is 0 Å². The van der Waals surface area contributed by atoms with Crippen molar-refractivity contribution < 1.29 is 8.42 Å². The van der Waals surface area contributed by atoms with Crippen molar-refractivity contribution in [1.29, 1.82) is 0 Å². The fourth-order valence-electron chi connectivity index (χ4n) is 1.26. The van der Waals surface area contributed by atoms with Gasteiger partial charge < -0.3 is 5.73 Å². The van der Waals surface area contributed by atoms with Crippen LogP contribution in [-0.4, -0.2) is 13.2 Å². The fraction of sp³-hybridized carbons (Fsp3) is 0.500. The van der Waals surface area contributed by atoms with Crippen LogP contribution in [0.3, 0.4) is 0 Å².